The van der Waals surface area contributed by atoms with Crippen LogP contribution in [0.25, 0.3) is 0 Å². The first-order valence-corrected chi connectivity index (χ1v) is 12.1. The molecule has 1 fully saturated rings. The third-order valence-electron chi connectivity index (χ3n) is 7.20. The molecule has 172 valence electrons. The maximum absolute atomic E-state index is 10.1. The second-order valence-electron chi connectivity index (χ2n) is 9.44. The number of hydrogen-bond donors (Lipinski definition) is 0. The van der Waals surface area contributed by atoms with Gasteiger partial charge in [-0.2, -0.15) is 5.26 Å². The number of hydrogen-bond acceptors (Lipinski definition) is 4. The van der Waals surface area contributed by atoms with Gasteiger partial charge in [0.15, 0.2) is 0 Å². The quantitative estimate of drug-likeness (QED) is 0.516. The lowest BCUT2D eigenvalue weighted by atomic mass is 9.70. The molecule has 1 saturated heterocycles. The van der Waals surface area contributed by atoms with Gasteiger partial charge in [-0.3, -0.25) is 4.90 Å². The molecule has 0 amide bonds. The monoisotopic (exact) mass is 433 g/mol. The molecule has 1 atom stereocenters. The summed E-state index contributed by atoms with van der Waals surface area (Å²) >= 11 is 0. The van der Waals surface area contributed by atoms with E-state index in [9.17, 15) is 5.26 Å². The SMILES string of the molecule is Cc1cccc(OCCN2CCN(CCCC(C#N)(c3ccccc3)C(C)C)CC2)c1C. The summed E-state index contributed by atoms with van der Waals surface area (Å²) in [4.78, 5) is 5.05. The van der Waals surface area contributed by atoms with Crippen LogP contribution in [0.3, 0.4) is 0 Å². The van der Waals surface area contributed by atoms with Crippen LogP contribution >= 0.6 is 0 Å². The molecular formula is C28H39N3O. The fraction of sp³-hybridized carbons (Fsp3) is 0.536. The normalized spacial score (nSPS) is 17.1. The first-order valence-electron chi connectivity index (χ1n) is 12.1. The summed E-state index contributed by atoms with van der Waals surface area (Å²) in [6.07, 6.45) is 1.96. The van der Waals surface area contributed by atoms with E-state index in [1.54, 1.807) is 0 Å². The third kappa shape index (κ3) is 5.91. The summed E-state index contributed by atoms with van der Waals surface area (Å²) in [5.74, 6) is 1.30. The summed E-state index contributed by atoms with van der Waals surface area (Å²) < 4.78 is 6.04. The fourth-order valence-electron chi connectivity index (χ4n) is 4.73. The summed E-state index contributed by atoms with van der Waals surface area (Å²) in [7, 11) is 0. The molecule has 0 radical (unpaired) electrons. The Hall–Kier alpha value is -2.35. The highest BCUT2D eigenvalue weighted by Gasteiger charge is 2.35. The van der Waals surface area contributed by atoms with E-state index in [1.807, 2.05) is 18.2 Å². The summed E-state index contributed by atoms with van der Waals surface area (Å²) in [6.45, 7) is 15.7. The van der Waals surface area contributed by atoms with Gasteiger partial charge in [0.2, 0.25) is 0 Å². The standard InChI is InChI=1S/C28H39N3O/c1-23(2)28(22-29,26-11-6-5-7-12-26)14-9-15-30-16-18-31(19-17-30)20-21-32-27-13-8-10-24(3)25(27)4/h5-8,10-13,23H,9,14-21H2,1-4H3. The molecule has 3 rings (SSSR count). The zero-order valence-electron chi connectivity index (χ0n) is 20.3. The van der Waals surface area contributed by atoms with Gasteiger partial charge in [-0.15, -0.1) is 0 Å². The van der Waals surface area contributed by atoms with Gasteiger partial charge in [0, 0.05) is 32.7 Å². The number of ether oxygens (including phenoxy) is 1. The highest BCUT2D eigenvalue weighted by molar-refractivity contribution is 5.38. The second-order valence-corrected chi connectivity index (χ2v) is 9.44. The Balaban J connectivity index is 1.41. The van der Waals surface area contributed by atoms with E-state index < -0.39 is 5.41 Å². The van der Waals surface area contributed by atoms with Gasteiger partial charge in [0.05, 0.1) is 11.5 Å². The molecule has 4 nitrogen and oxygen atoms in total. The van der Waals surface area contributed by atoms with E-state index in [-0.39, 0.29) is 0 Å². The third-order valence-corrected chi connectivity index (χ3v) is 7.20. The van der Waals surface area contributed by atoms with Crippen molar-refractivity contribution < 1.29 is 4.74 Å². The molecule has 0 saturated carbocycles. The minimum absolute atomic E-state index is 0.295. The number of benzene rings is 2. The van der Waals surface area contributed by atoms with Crippen molar-refractivity contribution in [2.75, 3.05) is 45.9 Å². The predicted octanol–water partition coefficient (Wildman–Crippen LogP) is 5.20. The minimum atomic E-state index is -0.394. The van der Waals surface area contributed by atoms with E-state index >= 15 is 0 Å². The Morgan fingerprint density at radius 2 is 1.59 bits per heavy atom. The van der Waals surface area contributed by atoms with Crippen molar-refractivity contribution in [2.24, 2.45) is 5.92 Å². The lowest BCUT2D eigenvalue weighted by Crippen LogP contribution is -2.47. The van der Waals surface area contributed by atoms with Crippen molar-refractivity contribution in [1.82, 2.24) is 9.80 Å². The average molecular weight is 434 g/mol. The smallest absolute Gasteiger partial charge is 0.122 e. The molecule has 1 aliphatic rings. The van der Waals surface area contributed by atoms with Gasteiger partial charge in [-0.25, -0.2) is 0 Å². The van der Waals surface area contributed by atoms with Gasteiger partial charge >= 0.3 is 0 Å². The molecule has 2 aromatic rings. The van der Waals surface area contributed by atoms with Gasteiger partial charge in [0.1, 0.15) is 12.4 Å². The van der Waals surface area contributed by atoms with Crippen LogP contribution in [0.4, 0.5) is 0 Å². The van der Waals surface area contributed by atoms with Crippen molar-refractivity contribution in [3.63, 3.8) is 0 Å². The maximum atomic E-state index is 10.1. The first kappa shape index (κ1) is 24.3. The van der Waals surface area contributed by atoms with Crippen LogP contribution < -0.4 is 4.74 Å². The molecule has 0 aliphatic carbocycles. The molecule has 2 aromatic carbocycles. The lowest BCUT2D eigenvalue weighted by molar-refractivity contribution is 0.114. The second kappa shape index (κ2) is 11.5. The Kier molecular flexibility index (Phi) is 8.73. The van der Waals surface area contributed by atoms with Gasteiger partial charge in [-0.1, -0.05) is 56.3 Å². The largest absolute Gasteiger partial charge is 0.492 e. The molecule has 0 N–H and O–H groups in total. The Morgan fingerprint density at radius 1 is 0.938 bits per heavy atom. The highest BCUT2D eigenvalue weighted by atomic mass is 16.5. The fourth-order valence-corrected chi connectivity index (χ4v) is 4.73. The average Bonchev–Trinajstić information content (AvgIpc) is 2.81. The topological polar surface area (TPSA) is 39.5 Å². The molecule has 1 heterocycles. The molecule has 1 aliphatic heterocycles. The number of nitrogens with zero attached hydrogens (tertiary/aromatic N) is 3. The highest BCUT2D eigenvalue weighted by Crippen LogP contribution is 2.36. The molecule has 0 aromatic heterocycles. The Bertz CT molecular complexity index is 881. The zero-order valence-corrected chi connectivity index (χ0v) is 20.3. The Morgan fingerprint density at radius 3 is 2.22 bits per heavy atom. The molecule has 32 heavy (non-hydrogen) atoms. The molecular weight excluding hydrogens is 394 g/mol. The van der Waals surface area contributed by atoms with Crippen LogP contribution in [0, 0.1) is 31.1 Å². The van der Waals surface area contributed by atoms with Crippen LogP contribution in [0.1, 0.15) is 43.4 Å². The predicted molar refractivity (Wildman–Crippen MR) is 132 cm³/mol. The van der Waals surface area contributed by atoms with Gasteiger partial charge in [-0.05, 0) is 61.9 Å². The van der Waals surface area contributed by atoms with Crippen LogP contribution in [0.5, 0.6) is 5.75 Å². The summed E-state index contributed by atoms with van der Waals surface area (Å²) in [6, 6.07) is 19.3. The van der Waals surface area contributed by atoms with Crippen molar-refractivity contribution in [2.45, 2.75) is 46.0 Å². The van der Waals surface area contributed by atoms with Crippen LogP contribution in [0.15, 0.2) is 48.5 Å². The van der Waals surface area contributed by atoms with Gasteiger partial charge in [0.25, 0.3) is 0 Å². The van der Waals surface area contributed by atoms with Crippen molar-refractivity contribution in [1.29, 1.82) is 5.26 Å². The van der Waals surface area contributed by atoms with E-state index in [2.05, 4.69) is 73.9 Å². The van der Waals surface area contributed by atoms with Crippen LogP contribution in [-0.4, -0.2) is 55.7 Å². The Labute approximate surface area is 194 Å². The van der Waals surface area contributed by atoms with Crippen molar-refractivity contribution >= 4 is 0 Å². The van der Waals surface area contributed by atoms with Gasteiger partial charge < -0.3 is 9.64 Å². The lowest BCUT2D eigenvalue weighted by Gasteiger charge is -2.36. The van der Waals surface area contributed by atoms with E-state index in [4.69, 9.17) is 4.74 Å². The van der Waals surface area contributed by atoms with Crippen molar-refractivity contribution in [3.8, 4) is 11.8 Å². The van der Waals surface area contributed by atoms with E-state index in [0.717, 1.165) is 70.0 Å². The van der Waals surface area contributed by atoms with Crippen LogP contribution in [0.2, 0.25) is 0 Å². The number of nitriles is 1. The van der Waals surface area contributed by atoms with E-state index in [1.165, 1.54) is 11.1 Å². The first-order chi connectivity index (χ1) is 15.5. The molecule has 0 spiro atoms. The van der Waals surface area contributed by atoms with Crippen LogP contribution in [-0.2, 0) is 5.41 Å². The van der Waals surface area contributed by atoms with Crippen molar-refractivity contribution in [3.05, 3.63) is 65.2 Å². The molecule has 1 unspecified atom stereocenters. The molecule has 0 bridgehead atoms. The zero-order chi connectivity index (χ0) is 23.0. The van der Waals surface area contributed by atoms with E-state index in [0.29, 0.717) is 5.92 Å². The number of piperazine rings is 1. The maximum Gasteiger partial charge on any atom is 0.122 e. The molecule has 4 heteroatoms. The summed E-state index contributed by atoms with van der Waals surface area (Å²) in [5.41, 5.74) is 3.28. The number of rotatable bonds is 10. The minimum Gasteiger partial charge on any atom is -0.492 e. The number of aryl methyl sites for hydroxylation is 1. The summed E-state index contributed by atoms with van der Waals surface area (Å²) in [5, 5.41) is 10.1.